The van der Waals surface area contributed by atoms with Crippen LogP contribution in [-0.4, -0.2) is 27.2 Å². The van der Waals surface area contributed by atoms with Gasteiger partial charge in [-0.15, -0.1) is 0 Å². The van der Waals surface area contributed by atoms with Crippen LogP contribution in [0.3, 0.4) is 0 Å². The van der Waals surface area contributed by atoms with Crippen LogP contribution >= 0.6 is 11.6 Å². The van der Waals surface area contributed by atoms with Crippen molar-refractivity contribution in [2.75, 3.05) is 5.32 Å². The van der Waals surface area contributed by atoms with Crippen molar-refractivity contribution >= 4 is 29.3 Å². The third-order valence-corrected chi connectivity index (χ3v) is 4.74. The van der Waals surface area contributed by atoms with Gasteiger partial charge in [-0.05, 0) is 29.8 Å². The lowest BCUT2D eigenvalue weighted by Crippen LogP contribution is -2.23. The van der Waals surface area contributed by atoms with Crippen LogP contribution in [0.5, 0.6) is 0 Å². The van der Waals surface area contributed by atoms with E-state index >= 15 is 0 Å². The van der Waals surface area contributed by atoms with Crippen LogP contribution in [0.15, 0.2) is 48.5 Å². The molecule has 0 bridgehead atoms. The van der Waals surface area contributed by atoms with Crippen molar-refractivity contribution in [2.45, 2.75) is 12.3 Å². The summed E-state index contributed by atoms with van der Waals surface area (Å²) in [6.07, 6.45) is 0.263. The van der Waals surface area contributed by atoms with Gasteiger partial charge in [0, 0.05) is 28.5 Å². The van der Waals surface area contributed by atoms with Crippen LogP contribution < -0.4 is 5.32 Å². The lowest BCUT2D eigenvalue weighted by Gasteiger charge is -2.23. The summed E-state index contributed by atoms with van der Waals surface area (Å²) >= 11 is 5.97. The summed E-state index contributed by atoms with van der Waals surface area (Å²) in [7, 11) is 0. The molecule has 4 rings (SSSR count). The molecule has 2 heterocycles. The maximum absolute atomic E-state index is 12.1. The lowest BCUT2D eigenvalue weighted by atomic mass is 9.84. The first-order valence-corrected chi connectivity index (χ1v) is 8.38. The van der Waals surface area contributed by atoms with E-state index in [9.17, 15) is 9.59 Å². The molecule has 0 saturated carbocycles. The average Bonchev–Trinajstić information content (AvgIpc) is 3.05. The van der Waals surface area contributed by atoms with Crippen LogP contribution in [-0.2, 0) is 4.79 Å². The Morgan fingerprint density at radius 3 is 2.46 bits per heavy atom. The van der Waals surface area contributed by atoms with Gasteiger partial charge in [-0.3, -0.25) is 9.89 Å². The highest BCUT2D eigenvalue weighted by molar-refractivity contribution is 6.30. The minimum atomic E-state index is -0.983. The van der Waals surface area contributed by atoms with E-state index in [4.69, 9.17) is 16.7 Å². The molecular formula is C19H14ClN3O3. The number of amides is 1. The number of hydrogen-bond donors (Lipinski definition) is 3. The average molecular weight is 368 g/mol. The number of carbonyl (C=O) groups excluding carboxylic acids is 1. The summed E-state index contributed by atoms with van der Waals surface area (Å²) in [5.74, 6) is -0.827. The Kier molecular flexibility index (Phi) is 3.97. The predicted octanol–water partition coefficient (Wildman–Crippen LogP) is 3.90. The van der Waals surface area contributed by atoms with Gasteiger partial charge in [0.2, 0.25) is 5.91 Å². The van der Waals surface area contributed by atoms with Crippen molar-refractivity contribution in [3.63, 3.8) is 0 Å². The molecule has 1 aliphatic rings. The monoisotopic (exact) mass is 367 g/mol. The van der Waals surface area contributed by atoms with Crippen LogP contribution in [0, 0.1) is 0 Å². The highest BCUT2D eigenvalue weighted by Gasteiger charge is 2.32. The lowest BCUT2D eigenvalue weighted by molar-refractivity contribution is -0.116. The quantitative estimate of drug-likeness (QED) is 0.654. The van der Waals surface area contributed by atoms with Gasteiger partial charge in [0.1, 0.15) is 0 Å². The van der Waals surface area contributed by atoms with E-state index in [-0.39, 0.29) is 23.8 Å². The fraction of sp³-hybridized carbons (Fsp3) is 0.105. The second kappa shape index (κ2) is 6.31. The van der Waals surface area contributed by atoms with Gasteiger partial charge in [0.15, 0.2) is 5.82 Å². The molecule has 0 fully saturated rings. The van der Waals surface area contributed by atoms with E-state index < -0.39 is 5.97 Å². The maximum Gasteiger partial charge on any atom is 0.335 e. The van der Waals surface area contributed by atoms with Gasteiger partial charge in [-0.1, -0.05) is 35.9 Å². The zero-order valence-electron chi connectivity index (χ0n) is 13.5. The molecular weight excluding hydrogens is 354 g/mol. The minimum absolute atomic E-state index is 0.126. The molecule has 1 amide bonds. The third kappa shape index (κ3) is 2.84. The van der Waals surface area contributed by atoms with Crippen molar-refractivity contribution in [3.8, 4) is 11.3 Å². The number of carboxylic acids is 1. The first-order chi connectivity index (χ1) is 12.5. The number of aromatic carboxylic acids is 1. The number of nitrogens with one attached hydrogen (secondary N) is 2. The smallest absolute Gasteiger partial charge is 0.335 e. The molecule has 1 aromatic heterocycles. The number of anilines is 1. The second-order valence-corrected chi connectivity index (χ2v) is 6.54. The number of H-pyrrole nitrogens is 1. The van der Waals surface area contributed by atoms with Gasteiger partial charge in [0.25, 0.3) is 0 Å². The third-order valence-electron chi connectivity index (χ3n) is 4.49. The van der Waals surface area contributed by atoms with Crippen LogP contribution in [0.25, 0.3) is 11.3 Å². The Balaban J connectivity index is 1.81. The predicted molar refractivity (Wildman–Crippen MR) is 97.5 cm³/mol. The SMILES string of the molecule is O=C1C[C@@H](c2ccc(C(=O)O)cc2)c2c(n[nH]c2-c2ccc(Cl)cc2)N1. The zero-order valence-corrected chi connectivity index (χ0v) is 14.2. The molecule has 0 aliphatic carbocycles. The summed E-state index contributed by atoms with van der Waals surface area (Å²) in [4.78, 5) is 23.2. The van der Waals surface area contributed by atoms with E-state index in [1.165, 1.54) is 0 Å². The Labute approximate surface area is 153 Å². The molecule has 26 heavy (non-hydrogen) atoms. The second-order valence-electron chi connectivity index (χ2n) is 6.10. The van der Waals surface area contributed by atoms with Crippen LogP contribution in [0.1, 0.15) is 33.8 Å². The fourth-order valence-electron chi connectivity index (χ4n) is 3.23. The molecule has 7 heteroatoms. The van der Waals surface area contributed by atoms with Crippen molar-refractivity contribution in [1.82, 2.24) is 10.2 Å². The largest absolute Gasteiger partial charge is 0.478 e. The van der Waals surface area contributed by atoms with E-state index in [0.717, 1.165) is 22.4 Å². The molecule has 0 saturated heterocycles. The molecule has 3 aromatic rings. The molecule has 0 unspecified atom stereocenters. The van der Waals surface area contributed by atoms with Crippen molar-refractivity contribution in [2.24, 2.45) is 0 Å². The summed E-state index contributed by atoms with van der Waals surface area (Å²) < 4.78 is 0. The number of fused-ring (bicyclic) bond motifs is 1. The number of carboxylic acid groups (broad SMARTS) is 1. The van der Waals surface area contributed by atoms with Gasteiger partial charge >= 0.3 is 5.97 Å². The van der Waals surface area contributed by atoms with Crippen LogP contribution in [0.4, 0.5) is 5.82 Å². The number of aromatic amines is 1. The van der Waals surface area contributed by atoms with Crippen molar-refractivity contribution < 1.29 is 14.7 Å². The number of nitrogens with zero attached hydrogens (tertiary/aromatic N) is 1. The molecule has 2 aromatic carbocycles. The fourth-order valence-corrected chi connectivity index (χ4v) is 3.36. The molecule has 6 nitrogen and oxygen atoms in total. The van der Waals surface area contributed by atoms with Gasteiger partial charge in [0.05, 0.1) is 11.3 Å². The number of aromatic nitrogens is 2. The highest BCUT2D eigenvalue weighted by Crippen LogP contribution is 2.41. The standard InChI is InChI=1S/C19H14ClN3O3/c20-13-7-5-11(6-8-13)17-16-14(9-15(24)21-18(16)23-22-17)10-1-3-12(4-2-10)19(25)26/h1-8,14H,9H2,(H,25,26)(H2,21,22,23,24)/t14-/m0/s1. The molecule has 0 radical (unpaired) electrons. The Hall–Kier alpha value is -3.12. The summed E-state index contributed by atoms with van der Waals surface area (Å²) in [6.45, 7) is 0. The summed E-state index contributed by atoms with van der Waals surface area (Å²) in [5.41, 5.74) is 3.67. The molecule has 1 aliphatic heterocycles. The number of carbonyl (C=O) groups is 2. The minimum Gasteiger partial charge on any atom is -0.478 e. The molecule has 1 atom stereocenters. The first kappa shape index (κ1) is 16.4. The first-order valence-electron chi connectivity index (χ1n) is 8.00. The van der Waals surface area contributed by atoms with Crippen molar-refractivity contribution in [1.29, 1.82) is 0 Å². The molecule has 3 N–H and O–H groups in total. The van der Waals surface area contributed by atoms with E-state index in [1.54, 1.807) is 36.4 Å². The van der Waals surface area contributed by atoms with Gasteiger partial charge in [-0.25, -0.2) is 4.79 Å². The molecule has 0 spiro atoms. The maximum atomic E-state index is 12.1. The number of benzene rings is 2. The molecule has 130 valence electrons. The van der Waals surface area contributed by atoms with Gasteiger partial charge in [-0.2, -0.15) is 5.10 Å². The van der Waals surface area contributed by atoms with E-state index in [1.807, 2.05) is 12.1 Å². The van der Waals surface area contributed by atoms with E-state index in [2.05, 4.69) is 15.5 Å². The van der Waals surface area contributed by atoms with Crippen LogP contribution in [0.2, 0.25) is 5.02 Å². The highest BCUT2D eigenvalue weighted by atomic mass is 35.5. The zero-order chi connectivity index (χ0) is 18.3. The summed E-state index contributed by atoms with van der Waals surface area (Å²) in [5, 5.41) is 19.7. The van der Waals surface area contributed by atoms with E-state index in [0.29, 0.717) is 10.8 Å². The normalized spacial score (nSPS) is 16.0. The number of halogens is 1. The topological polar surface area (TPSA) is 95.1 Å². The van der Waals surface area contributed by atoms with Gasteiger partial charge < -0.3 is 10.4 Å². The number of hydrogen-bond acceptors (Lipinski definition) is 3. The summed E-state index contributed by atoms with van der Waals surface area (Å²) in [6, 6.07) is 13.9. The Bertz CT molecular complexity index is 994. The number of rotatable bonds is 3. The van der Waals surface area contributed by atoms with Crippen molar-refractivity contribution in [3.05, 3.63) is 70.2 Å². The Morgan fingerprint density at radius 1 is 1.12 bits per heavy atom. The Morgan fingerprint density at radius 2 is 1.81 bits per heavy atom.